The van der Waals surface area contributed by atoms with Gasteiger partial charge in [-0.25, -0.2) is 0 Å². The van der Waals surface area contributed by atoms with Crippen LogP contribution in [0.4, 0.5) is 0 Å². The lowest BCUT2D eigenvalue weighted by Crippen LogP contribution is -2.49. The fourth-order valence-electron chi connectivity index (χ4n) is 3.12. The van der Waals surface area contributed by atoms with E-state index in [0.29, 0.717) is 12.6 Å². The molecule has 1 N–H and O–H groups in total. The van der Waals surface area contributed by atoms with Crippen LogP contribution in [0.3, 0.4) is 0 Å². The highest BCUT2D eigenvalue weighted by Gasteiger charge is 2.31. The molecule has 1 aromatic rings. The van der Waals surface area contributed by atoms with Gasteiger partial charge in [-0.05, 0) is 25.5 Å². The number of hydrogen-bond acceptors (Lipinski definition) is 4. The molecule has 0 saturated carbocycles. The van der Waals surface area contributed by atoms with Gasteiger partial charge in [0.1, 0.15) is 0 Å². The Morgan fingerprint density at radius 2 is 2.35 bits per heavy atom. The maximum absolute atomic E-state index is 11.5. The molecule has 3 rings (SSSR count). The molecule has 20 heavy (non-hydrogen) atoms. The molecule has 2 fully saturated rings. The molecule has 5 nitrogen and oxygen atoms in total. The van der Waals surface area contributed by atoms with E-state index in [0.717, 1.165) is 26.2 Å². The first-order chi connectivity index (χ1) is 9.83. The van der Waals surface area contributed by atoms with Crippen molar-refractivity contribution >= 4 is 0 Å². The quantitative estimate of drug-likeness (QED) is 0.787. The third-order valence-corrected chi connectivity index (χ3v) is 4.26. The van der Waals surface area contributed by atoms with Gasteiger partial charge in [0.15, 0.2) is 0 Å². The van der Waals surface area contributed by atoms with Gasteiger partial charge in [-0.2, -0.15) is 0 Å². The van der Waals surface area contributed by atoms with E-state index in [1.165, 1.54) is 19.4 Å². The van der Waals surface area contributed by atoms with Crippen LogP contribution in [0.2, 0.25) is 0 Å². The summed E-state index contributed by atoms with van der Waals surface area (Å²) >= 11 is 0. The van der Waals surface area contributed by atoms with Gasteiger partial charge in [-0.15, -0.1) is 0 Å². The van der Waals surface area contributed by atoms with Crippen molar-refractivity contribution in [2.75, 3.05) is 32.8 Å². The fraction of sp³-hybridized carbons (Fsp3) is 0.667. The van der Waals surface area contributed by atoms with Crippen LogP contribution in [0.15, 0.2) is 29.2 Å². The second-order valence-corrected chi connectivity index (χ2v) is 5.68. The summed E-state index contributed by atoms with van der Waals surface area (Å²) in [5.41, 5.74) is 0.0584. The Bertz CT molecular complexity index is 488. The third kappa shape index (κ3) is 3.29. The van der Waals surface area contributed by atoms with Crippen LogP contribution in [0.25, 0.3) is 0 Å². The predicted molar refractivity (Wildman–Crippen MR) is 77.9 cm³/mol. The Hall–Kier alpha value is -1.17. The highest BCUT2D eigenvalue weighted by Crippen LogP contribution is 2.22. The summed E-state index contributed by atoms with van der Waals surface area (Å²) in [6.07, 6.45) is 4.72. The molecule has 0 radical (unpaired) electrons. The Morgan fingerprint density at radius 1 is 1.40 bits per heavy atom. The molecule has 1 aromatic heterocycles. The van der Waals surface area contributed by atoms with Crippen molar-refractivity contribution in [3.05, 3.63) is 34.7 Å². The number of nitrogens with zero attached hydrogens (tertiary/aromatic N) is 2. The van der Waals surface area contributed by atoms with E-state index in [1.807, 2.05) is 12.3 Å². The number of fused-ring (bicyclic) bond motifs is 1. The Kier molecular flexibility index (Phi) is 4.50. The third-order valence-electron chi connectivity index (χ3n) is 4.26. The SMILES string of the molecule is O=c1ccccn1CCNCC1CN2CCCC2CO1. The topological polar surface area (TPSA) is 46.5 Å². The maximum atomic E-state index is 11.5. The van der Waals surface area contributed by atoms with E-state index in [1.54, 1.807) is 16.7 Å². The van der Waals surface area contributed by atoms with E-state index < -0.39 is 0 Å². The van der Waals surface area contributed by atoms with Crippen molar-refractivity contribution in [1.29, 1.82) is 0 Å². The number of aromatic nitrogens is 1. The van der Waals surface area contributed by atoms with Crippen molar-refractivity contribution < 1.29 is 4.74 Å². The molecule has 0 spiro atoms. The molecule has 0 amide bonds. The van der Waals surface area contributed by atoms with Crippen LogP contribution in [0, 0.1) is 0 Å². The minimum Gasteiger partial charge on any atom is -0.374 e. The van der Waals surface area contributed by atoms with Gasteiger partial charge in [-0.3, -0.25) is 9.69 Å². The highest BCUT2D eigenvalue weighted by molar-refractivity contribution is 4.93. The first-order valence-electron chi connectivity index (χ1n) is 7.55. The summed E-state index contributed by atoms with van der Waals surface area (Å²) in [4.78, 5) is 14.1. The van der Waals surface area contributed by atoms with E-state index in [9.17, 15) is 4.79 Å². The zero-order valence-electron chi connectivity index (χ0n) is 11.8. The molecule has 0 bridgehead atoms. The average molecular weight is 277 g/mol. The molecule has 5 heteroatoms. The Balaban J connectivity index is 1.38. The summed E-state index contributed by atoms with van der Waals surface area (Å²) < 4.78 is 7.62. The van der Waals surface area contributed by atoms with Gasteiger partial charge in [0.2, 0.25) is 0 Å². The Labute approximate surface area is 119 Å². The number of nitrogens with one attached hydrogen (secondary N) is 1. The Morgan fingerprint density at radius 3 is 3.25 bits per heavy atom. The smallest absolute Gasteiger partial charge is 0.250 e. The van der Waals surface area contributed by atoms with Gasteiger partial charge < -0.3 is 14.6 Å². The van der Waals surface area contributed by atoms with Crippen LogP contribution >= 0.6 is 0 Å². The molecule has 3 heterocycles. The molecule has 2 aliphatic rings. The zero-order valence-corrected chi connectivity index (χ0v) is 11.8. The summed E-state index contributed by atoms with van der Waals surface area (Å²) in [6, 6.07) is 5.92. The summed E-state index contributed by atoms with van der Waals surface area (Å²) in [5, 5.41) is 3.40. The molecule has 0 aromatic carbocycles. The van der Waals surface area contributed by atoms with Gasteiger partial charge in [0.05, 0.1) is 12.7 Å². The van der Waals surface area contributed by atoms with E-state index in [4.69, 9.17) is 4.74 Å². The first-order valence-corrected chi connectivity index (χ1v) is 7.55. The van der Waals surface area contributed by atoms with Gasteiger partial charge in [0.25, 0.3) is 5.56 Å². The van der Waals surface area contributed by atoms with E-state index >= 15 is 0 Å². The lowest BCUT2D eigenvalue weighted by molar-refractivity contribution is -0.0469. The normalized spacial score (nSPS) is 26.6. The minimum atomic E-state index is 0.0584. The predicted octanol–water partition coefficient (Wildman–Crippen LogP) is 0.301. The van der Waals surface area contributed by atoms with Crippen LogP contribution < -0.4 is 10.9 Å². The molecule has 2 aliphatic heterocycles. The fourth-order valence-corrected chi connectivity index (χ4v) is 3.12. The number of rotatable bonds is 5. The molecular weight excluding hydrogens is 254 g/mol. The molecule has 2 atom stereocenters. The minimum absolute atomic E-state index is 0.0584. The highest BCUT2D eigenvalue weighted by atomic mass is 16.5. The molecule has 2 saturated heterocycles. The molecule has 110 valence electrons. The molecule has 0 aliphatic carbocycles. The largest absolute Gasteiger partial charge is 0.374 e. The lowest BCUT2D eigenvalue weighted by atomic mass is 10.2. The standard InChI is InChI=1S/C15H23N3O2/c19-15-5-1-2-7-17(15)9-6-16-10-14-11-18-8-3-4-13(18)12-20-14/h1-2,5,7,13-14,16H,3-4,6,8-12H2. The average Bonchev–Trinajstić information content (AvgIpc) is 2.93. The number of ether oxygens (including phenoxy) is 1. The van der Waals surface area contributed by atoms with Crippen LogP contribution in [0.5, 0.6) is 0 Å². The summed E-state index contributed by atoms with van der Waals surface area (Å²) in [5.74, 6) is 0. The van der Waals surface area contributed by atoms with Gasteiger partial charge >= 0.3 is 0 Å². The number of pyridine rings is 1. The van der Waals surface area contributed by atoms with Crippen molar-refractivity contribution in [3.8, 4) is 0 Å². The van der Waals surface area contributed by atoms with Crippen molar-refractivity contribution in [2.24, 2.45) is 0 Å². The monoisotopic (exact) mass is 277 g/mol. The van der Waals surface area contributed by atoms with E-state index in [2.05, 4.69) is 10.2 Å². The number of hydrogen-bond donors (Lipinski definition) is 1. The zero-order chi connectivity index (χ0) is 13.8. The number of morpholine rings is 1. The second-order valence-electron chi connectivity index (χ2n) is 5.68. The van der Waals surface area contributed by atoms with E-state index in [-0.39, 0.29) is 11.7 Å². The van der Waals surface area contributed by atoms with Gasteiger partial charge in [0, 0.05) is 44.5 Å². The molecule has 2 unspecified atom stereocenters. The second kappa shape index (κ2) is 6.52. The summed E-state index contributed by atoms with van der Waals surface area (Å²) in [7, 11) is 0. The maximum Gasteiger partial charge on any atom is 0.250 e. The van der Waals surface area contributed by atoms with Crippen molar-refractivity contribution in [2.45, 2.75) is 31.5 Å². The first kappa shape index (κ1) is 13.8. The molecular formula is C15H23N3O2. The van der Waals surface area contributed by atoms with Crippen LogP contribution in [-0.4, -0.2) is 54.4 Å². The van der Waals surface area contributed by atoms with Crippen molar-refractivity contribution in [1.82, 2.24) is 14.8 Å². The van der Waals surface area contributed by atoms with Crippen LogP contribution in [0.1, 0.15) is 12.8 Å². The summed E-state index contributed by atoms with van der Waals surface area (Å²) in [6.45, 7) is 5.52. The van der Waals surface area contributed by atoms with Crippen LogP contribution in [-0.2, 0) is 11.3 Å². The van der Waals surface area contributed by atoms with Crippen molar-refractivity contribution in [3.63, 3.8) is 0 Å². The lowest BCUT2D eigenvalue weighted by Gasteiger charge is -2.35. The van der Waals surface area contributed by atoms with Gasteiger partial charge in [-0.1, -0.05) is 6.07 Å².